The third-order valence-electron chi connectivity index (χ3n) is 4.28. The molecule has 29 heavy (non-hydrogen) atoms. The van der Waals surface area contributed by atoms with Crippen LogP contribution in [0.5, 0.6) is 11.5 Å². The quantitative estimate of drug-likeness (QED) is 0.402. The topological polar surface area (TPSA) is 71.1 Å². The van der Waals surface area contributed by atoms with Crippen LogP contribution >= 0.6 is 11.3 Å². The lowest BCUT2D eigenvalue weighted by Gasteiger charge is -2.10. The Balaban J connectivity index is 1.82. The molecule has 0 saturated carbocycles. The number of fused-ring (bicyclic) bond motifs is 1. The van der Waals surface area contributed by atoms with Gasteiger partial charge in [0.25, 0.3) is 0 Å². The number of hydrogen-bond donors (Lipinski definition) is 0. The van der Waals surface area contributed by atoms with Gasteiger partial charge in [0.05, 0.1) is 26.4 Å². The molecule has 1 aromatic heterocycles. The van der Waals surface area contributed by atoms with Gasteiger partial charge in [-0.05, 0) is 24.3 Å². The van der Waals surface area contributed by atoms with E-state index < -0.39 is 24.2 Å². The molecule has 8 heteroatoms. The molecule has 3 rings (SSSR count). The molecular formula is C21H19FO6S. The highest BCUT2D eigenvalue weighted by atomic mass is 32.1. The smallest absolute Gasteiger partial charge is 0.349 e. The summed E-state index contributed by atoms with van der Waals surface area (Å²) in [6, 6.07) is 9.33. The molecule has 0 aliphatic rings. The third-order valence-corrected chi connectivity index (χ3v) is 5.46. The van der Waals surface area contributed by atoms with Crippen LogP contribution in [0.4, 0.5) is 4.39 Å². The number of esters is 1. The summed E-state index contributed by atoms with van der Waals surface area (Å²) >= 11 is 1.10. The highest BCUT2D eigenvalue weighted by molar-refractivity contribution is 7.21. The summed E-state index contributed by atoms with van der Waals surface area (Å²) in [5.41, 5.74) is 0.672. The molecule has 0 unspecified atom stereocenters. The Labute approximate surface area is 170 Å². The van der Waals surface area contributed by atoms with Gasteiger partial charge in [0, 0.05) is 28.8 Å². The number of carbonyl (C=O) groups excluding carboxylic acids is 2. The molecular weight excluding hydrogens is 399 g/mol. The number of ketones is 1. The monoisotopic (exact) mass is 418 g/mol. The molecule has 0 amide bonds. The number of carbonyl (C=O) groups is 2. The Bertz CT molecular complexity index is 1060. The standard InChI is InChI=1S/C21H19FO6S/c1-25-10-14-19-15(22)5-4-6-18(19)29-20(14)21(24)28-11-16(23)13-8-7-12(26-2)9-17(13)27-3/h4-9H,10-11H2,1-3H3. The van der Waals surface area contributed by atoms with Gasteiger partial charge in [0.15, 0.2) is 6.61 Å². The maximum absolute atomic E-state index is 14.2. The van der Waals surface area contributed by atoms with Gasteiger partial charge >= 0.3 is 5.97 Å². The fourth-order valence-corrected chi connectivity index (χ4v) is 4.03. The van der Waals surface area contributed by atoms with Crippen LogP contribution in [0.3, 0.4) is 0 Å². The first-order valence-corrected chi connectivity index (χ1v) is 9.43. The van der Waals surface area contributed by atoms with E-state index in [1.807, 2.05) is 0 Å². The second kappa shape index (κ2) is 9.02. The van der Waals surface area contributed by atoms with E-state index in [-0.39, 0.29) is 17.0 Å². The zero-order valence-corrected chi connectivity index (χ0v) is 16.9. The van der Waals surface area contributed by atoms with Crippen molar-refractivity contribution in [3.05, 3.63) is 58.2 Å². The van der Waals surface area contributed by atoms with Crippen LogP contribution in [0, 0.1) is 5.82 Å². The van der Waals surface area contributed by atoms with E-state index >= 15 is 0 Å². The fraction of sp³-hybridized carbons (Fsp3) is 0.238. The van der Waals surface area contributed by atoms with Crippen LogP contribution in [0.15, 0.2) is 36.4 Å². The van der Waals surface area contributed by atoms with Crippen LogP contribution in [0.1, 0.15) is 25.6 Å². The number of halogens is 1. The van der Waals surface area contributed by atoms with Crippen molar-refractivity contribution in [2.45, 2.75) is 6.61 Å². The molecule has 0 spiro atoms. The van der Waals surface area contributed by atoms with Crippen molar-refractivity contribution >= 4 is 33.2 Å². The lowest BCUT2D eigenvalue weighted by atomic mass is 10.1. The molecule has 0 saturated heterocycles. The van der Waals surface area contributed by atoms with Crippen molar-refractivity contribution in [3.63, 3.8) is 0 Å². The molecule has 3 aromatic rings. The molecule has 2 aromatic carbocycles. The summed E-state index contributed by atoms with van der Waals surface area (Å²) in [6.45, 7) is -0.434. The lowest BCUT2D eigenvalue weighted by Crippen LogP contribution is -2.15. The van der Waals surface area contributed by atoms with E-state index in [1.165, 1.54) is 27.4 Å². The molecule has 0 N–H and O–H groups in total. The van der Waals surface area contributed by atoms with E-state index in [4.69, 9.17) is 18.9 Å². The average molecular weight is 418 g/mol. The average Bonchev–Trinajstić information content (AvgIpc) is 3.11. The Morgan fingerprint density at radius 2 is 1.86 bits per heavy atom. The van der Waals surface area contributed by atoms with Crippen molar-refractivity contribution in [2.24, 2.45) is 0 Å². The SMILES string of the molecule is COCc1c(C(=O)OCC(=O)c2ccc(OC)cc2OC)sc2cccc(F)c12. The molecule has 0 bridgehead atoms. The fourth-order valence-electron chi connectivity index (χ4n) is 2.92. The van der Waals surface area contributed by atoms with Gasteiger partial charge in [-0.2, -0.15) is 0 Å². The van der Waals surface area contributed by atoms with E-state index in [0.29, 0.717) is 27.1 Å². The Kier molecular flexibility index (Phi) is 6.46. The van der Waals surface area contributed by atoms with Crippen molar-refractivity contribution in [1.82, 2.24) is 0 Å². The van der Waals surface area contributed by atoms with Crippen LogP contribution < -0.4 is 9.47 Å². The number of hydrogen-bond acceptors (Lipinski definition) is 7. The van der Waals surface area contributed by atoms with E-state index in [2.05, 4.69) is 0 Å². The number of ether oxygens (including phenoxy) is 4. The zero-order chi connectivity index (χ0) is 21.0. The normalized spacial score (nSPS) is 10.8. The van der Waals surface area contributed by atoms with Crippen molar-refractivity contribution in [3.8, 4) is 11.5 Å². The first-order valence-electron chi connectivity index (χ1n) is 8.61. The van der Waals surface area contributed by atoms with Gasteiger partial charge in [0.2, 0.25) is 5.78 Å². The minimum Gasteiger partial charge on any atom is -0.497 e. The third kappa shape index (κ3) is 4.23. The predicted octanol–water partition coefficient (Wildman–Crippen LogP) is 4.24. The van der Waals surface area contributed by atoms with Crippen LogP contribution in [-0.2, 0) is 16.1 Å². The van der Waals surface area contributed by atoms with E-state index in [0.717, 1.165) is 11.3 Å². The van der Waals surface area contributed by atoms with Gasteiger partial charge in [-0.15, -0.1) is 11.3 Å². The maximum atomic E-state index is 14.2. The highest BCUT2D eigenvalue weighted by Crippen LogP contribution is 2.34. The molecule has 152 valence electrons. The van der Waals surface area contributed by atoms with Gasteiger partial charge in [-0.1, -0.05) is 6.07 Å². The van der Waals surface area contributed by atoms with Gasteiger partial charge in [-0.25, -0.2) is 9.18 Å². The summed E-state index contributed by atoms with van der Waals surface area (Å²) in [7, 11) is 4.39. The Morgan fingerprint density at radius 3 is 2.55 bits per heavy atom. The van der Waals surface area contributed by atoms with Gasteiger partial charge in [0.1, 0.15) is 22.2 Å². The molecule has 0 atom stereocenters. The van der Waals surface area contributed by atoms with Crippen LogP contribution in [0.25, 0.3) is 10.1 Å². The Hall–Kier alpha value is -2.97. The maximum Gasteiger partial charge on any atom is 0.349 e. The number of rotatable bonds is 8. The lowest BCUT2D eigenvalue weighted by molar-refractivity contribution is 0.0475. The van der Waals surface area contributed by atoms with E-state index in [1.54, 1.807) is 30.3 Å². The molecule has 0 radical (unpaired) electrons. The molecule has 0 aliphatic carbocycles. The predicted molar refractivity (Wildman–Crippen MR) is 107 cm³/mol. The summed E-state index contributed by atoms with van der Waals surface area (Å²) in [6.07, 6.45) is 0. The first kappa shape index (κ1) is 20.8. The number of methoxy groups -OCH3 is 3. The summed E-state index contributed by atoms with van der Waals surface area (Å²) in [5.74, 6) is -0.734. The summed E-state index contributed by atoms with van der Waals surface area (Å²) in [4.78, 5) is 25.3. The van der Waals surface area contributed by atoms with Crippen molar-refractivity contribution < 1.29 is 32.9 Å². The van der Waals surface area contributed by atoms with Crippen molar-refractivity contribution in [2.75, 3.05) is 27.9 Å². The van der Waals surface area contributed by atoms with Gasteiger partial charge in [-0.3, -0.25) is 4.79 Å². The minimum absolute atomic E-state index is 0.0472. The van der Waals surface area contributed by atoms with Crippen molar-refractivity contribution in [1.29, 1.82) is 0 Å². The van der Waals surface area contributed by atoms with Crippen LogP contribution in [0.2, 0.25) is 0 Å². The minimum atomic E-state index is -0.710. The molecule has 0 fully saturated rings. The number of Topliss-reactive ketones (excluding diaryl/α,β-unsaturated/α-hetero) is 1. The first-order chi connectivity index (χ1) is 14.0. The molecule has 0 aliphatic heterocycles. The number of benzene rings is 2. The number of thiophene rings is 1. The summed E-state index contributed by atoms with van der Waals surface area (Å²) in [5, 5.41) is 0.328. The Morgan fingerprint density at radius 1 is 1.07 bits per heavy atom. The largest absolute Gasteiger partial charge is 0.497 e. The second-order valence-electron chi connectivity index (χ2n) is 6.02. The molecule has 1 heterocycles. The zero-order valence-electron chi connectivity index (χ0n) is 16.1. The van der Waals surface area contributed by atoms with Crippen LogP contribution in [-0.4, -0.2) is 39.7 Å². The van der Waals surface area contributed by atoms with Gasteiger partial charge < -0.3 is 18.9 Å². The second-order valence-corrected chi connectivity index (χ2v) is 7.07. The highest BCUT2D eigenvalue weighted by Gasteiger charge is 2.23. The van der Waals surface area contributed by atoms with E-state index in [9.17, 15) is 14.0 Å². The summed E-state index contributed by atoms with van der Waals surface area (Å²) < 4.78 is 35.5. The molecule has 6 nitrogen and oxygen atoms in total.